The Morgan fingerprint density at radius 3 is 2.74 bits per heavy atom. The Labute approximate surface area is 254 Å². The molecule has 3 amide bonds. The maximum atomic E-state index is 13.6. The van der Waals surface area contributed by atoms with Crippen molar-refractivity contribution < 1.29 is 19.4 Å². The fourth-order valence-corrected chi connectivity index (χ4v) is 6.13. The zero-order valence-corrected chi connectivity index (χ0v) is 25.3. The van der Waals surface area contributed by atoms with E-state index in [4.69, 9.17) is 4.74 Å². The first kappa shape index (κ1) is 30.5. The lowest BCUT2D eigenvalue weighted by molar-refractivity contribution is -0.134. The third kappa shape index (κ3) is 7.72. The molecule has 1 aliphatic heterocycles. The Morgan fingerprint density at radius 1 is 1.16 bits per heavy atom. The molecule has 43 heavy (non-hydrogen) atoms. The summed E-state index contributed by atoms with van der Waals surface area (Å²) in [5.74, 6) is 0.559. The number of amides is 3. The number of nitrogens with one attached hydrogen (secondary N) is 2. The SMILES string of the molecule is C[C@@H]1CN([C@@H](C)CO)C(=O)Cc2cc(NC(=O)NC3CCCc4ccccc43)ccc2OC1CN(C)Cc1ccncc1. The van der Waals surface area contributed by atoms with Gasteiger partial charge in [0.1, 0.15) is 11.9 Å². The van der Waals surface area contributed by atoms with Crippen molar-refractivity contribution in [2.24, 2.45) is 5.92 Å². The van der Waals surface area contributed by atoms with Crippen molar-refractivity contribution in [3.63, 3.8) is 0 Å². The van der Waals surface area contributed by atoms with Gasteiger partial charge in [-0.2, -0.15) is 0 Å². The molecule has 4 atom stereocenters. The van der Waals surface area contributed by atoms with Crippen LogP contribution in [-0.4, -0.2) is 70.7 Å². The summed E-state index contributed by atoms with van der Waals surface area (Å²) in [6.45, 7) is 5.68. The molecule has 2 heterocycles. The van der Waals surface area contributed by atoms with Crippen molar-refractivity contribution >= 4 is 17.6 Å². The fraction of sp³-hybridized carbons (Fsp3) is 0.441. The molecular weight excluding hydrogens is 542 g/mol. The molecule has 0 saturated heterocycles. The zero-order chi connectivity index (χ0) is 30.3. The Morgan fingerprint density at radius 2 is 1.95 bits per heavy atom. The molecule has 1 aliphatic carbocycles. The third-order valence-corrected chi connectivity index (χ3v) is 8.54. The minimum Gasteiger partial charge on any atom is -0.488 e. The summed E-state index contributed by atoms with van der Waals surface area (Å²) < 4.78 is 6.64. The molecule has 5 rings (SSSR count). The van der Waals surface area contributed by atoms with Crippen molar-refractivity contribution in [1.82, 2.24) is 20.1 Å². The average molecular weight is 586 g/mol. The quantitative estimate of drug-likeness (QED) is 0.358. The highest BCUT2D eigenvalue weighted by Gasteiger charge is 2.31. The molecule has 3 aromatic rings. The summed E-state index contributed by atoms with van der Waals surface area (Å²) in [5, 5.41) is 16.1. The van der Waals surface area contributed by atoms with Crippen LogP contribution < -0.4 is 15.4 Å². The molecule has 228 valence electrons. The van der Waals surface area contributed by atoms with E-state index in [0.29, 0.717) is 30.1 Å². The Balaban J connectivity index is 1.34. The number of pyridine rings is 1. The highest BCUT2D eigenvalue weighted by Crippen LogP contribution is 2.31. The number of urea groups is 1. The van der Waals surface area contributed by atoms with Crippen LogP contribution in [0.15, 0.2) is 67.0 Å². The molecule has 0 saturated carbocycles. The van der Waals surface area contributed by atoms with Crippen molar-refractivity contribution in [1.29, 1.82) is 0 Å². The van der Waals surface area contributed by atoms with Gasteiger partial charge in [-0.05, 0) is 80.3 Å². The number of carbonyl (C=O) groups excluding carboxylic acids is 2. The molecule has 1 aromatic heterocycles. The molecule has 9 nitrogen and oxygen atoms in total. The van der Waals surface area contributed by atoms with Gasteiger partial charge in [0.25, 0.3) is 0 Å². The lowest BCUT2D eigenvalue weighted by atomic mass is 9.88. The van der Waals surface area contributed by atoms with Crippen molar-refractivity contribution in [3.05, 3.63) is 89.2 Å². The number of aliphatic hydroxyl groups is 1. The molecule has 0 radical (unpaired) electrons. The fourth-order valence-electron chi connectivity index (χ4n) is 6.13. The number of hydrogen-bond donors (Lipinski definition) is 3. The lowest BCUT2D eigenvalue weighted by Crippen LogP contribution is -2.47. The second kappa shape index (κ2) is 14.0. The number of likely N-dealkylation sites (N-methyl/N-ethyl adjacent to an activating group) is 1. The van der Waals surface area contributed by atoms with E-state index in [2.05, 4.69) is 46.6 Å². The highest BCUT2D eigenvalue weighted by molar-refractivity contribution is 5.90. The first-order valence-electron chi connectivity index (χ1n) is 15.2. The Kier molecular flexibility index (Phi) is 9.94. The van der Waals surface area contributed by atoms with Gasteiger partial charge >= 0.3 is 6.03 Å². The van der Waals surface area contributed by atoms with Crippen LogP contribution in [0.3, 0.4) is 0 Å². The second-order valence-electron chi connectivity index (χ2n) is 12.0. The summed E-state index contributed by atoms with van der Waals surface area (Å²) in [4.78, 5) is 34.7. The van der Waals surface area contributed by atoms with Gasteiger partial charge in [-0.3, -0.25) is 14.7 Å². The summed E-state index contributed by atoms with van der Waals surface area (Å²) in [6.07, 6.45) is 6.43. The maximum Gasteiger partial charge on any atom is 0.319 e. The zero-order valence-electron chi connectivity index (χ0n) is 25.3. The molecule has 0 bridgehead atoms. The highest BCUT2D eigenvalue weighted by atomic mass is 16.5. The Bertz CT molecular complexity index is 1400. The molecular formula is C34H43N5O4. The van der Waals surface area contributed by atoms with E-state index in [-0.39, 0.29) is 49.1 Å². The van der Waals surface area contributed by atoms with E-state index in [0.717, 1.165) is 31.4 Å². The normalized spacial score (nSPS) is 21.0. The summed E-state index contributed by atoms with van der Waals surface area (Å²) in [6, 6.07) is 17.1. The number of rotatable bonds is 8. The maximum absolute atomic E-state index is 13.6. The number of carbonyl (C=O) groups is 2. The summed E-state index contributed by atoms with van der Waals surface area (Å²) in [5.41, 5.74) is 4.91. The van der Waals surface area contributed by atoms with Gasteiger partial charge in [-0.1, -0.05) is 31.2 Å². The molecule has 0 spiro atoms. The average Bonchev–Trinajstić information content (AvgIpc) is 3.04. The third-order valence-electron chi connectivity index (χ3n) is 8.54. The van der Waals surface area contributed by atoms with E-state index < -0.39 is 0 Å². The van der Waals surface area contributed by atoms with Gasteiger partial charge in [0.05, 0.1) is 25.1 Å². The van der Waals surface area contributed by atoms with Crippen molar-refractivity contribution in [2.75, 3.05) is 32.1 Å². The predicted molar refractivity (Wildman–Crippen MR) is 167 cm³/mol. The topological polar surface area (TPSA) is 107 Å². The van der Waals surface area contributed by atoms with E-state index in [9.17, 15) is 14.7 Å². The van der Waals surface area contributed by atoms with Gasteiger partial charge in [-0.15, -0.1) is 0 Å². The van der Waals surface area contributed by atoms with Gasteiger partial charge in [-0.25, -0.2) is 4.79 Å². The van der Waals surface area contributed by atoms with Gasteiger partial charge in [0.2, 0.25) is 5.91 Å². The number of aromatic nitrogens is 1. The first-order chi connectivity index (χ1) is 20.8. The lowest BCUT2D eigenvalue weighted by Gasteiger charge is -2.34. The standard InChI is InChI=1S/C34H43N5O4/c1-23-19-39(24(2)22-40)33(41)18-27-17-28(36-34(42)37-30-10-6-8-26-7-4-5-9-29(26)30)11-12-31(27)43-32(23)21-38(3)20-25-13-15-35-16-14-25/h4-5,7,9,11-17,23-24,30,32,40H,6,8,10,18-22H2,1-3H3,(H2,36,37,42)/t23-,24+,30?,32?/m1/s1. The van der Waals surface area contributed by atoms with E-state index in [1.165, 1.54) is 11.1 Å². The van der Waals surface area contributed by atoms with E-state index in [1.54, 1.807) is 17.3 Å². The number of anilines is 1. The summed E-state index contributed by atoms with van der Waals surface area (Å²) >= 11 is 0. The number of fused-ring (bicyclic) bond motifs is 2. The number of hydrogen-bond acceptors (Lipinski definition) is 6. The molecule has 2 unspecified atom stereocenters. The molecule has 9 heteroatoms. The smallest absolute Gasteiger partial charge is 0.319 e. The van der Waals surface area contributed by atoms with Gasteiger partial charge in [0.15, 0.2) is 0 Å². The number of ether oxygens (including phenoxy) is 1. The Hall–Kier alpha value is -3.95. The van der Waals surface area contributed by atoms with E-state index in [1.807, 2.05) is 49.4 Å². The number of aryl methyl sites for hydroxylation is 1. The predicted octanol–water partition coefficient (Wildman–Crippen LogP) is 4.56. The molecule has 0 fully saturated rings. The van der Waals surface area contributed by atoms with Crippen LogP contribution in [0.5, 0.6) is 5.75 Å². The van der Waals surface area contributed by atoms with Crippen molar-refractivity contribution in [2.45, 2.75) is 64.3 Å². The molecule has 2 aliphatic rings. The monoisotopic (exact) mass is 585 g/mol. The van der Waals surface area contributed by atoms with Crippen LogP contribution in [0.25, 0.3) is 0 Å². The van der Waals surface area contributed by atoms with E-state index >= 15 is 0 Å². The first-order valence-corrected chi connectivity index (χ1v) is 15.2. The van der Waals surface area contributed by atoms with Crippen molar-refractivity contribution in [3.8, 4) is 5.75 Å². The summed E-state index contributed by atoms with van der Waals surface area (Å²) in [7, 11) is 2.06. The van der Waals surface area contributed by atoms with Crippen LogP contribution in [0, 0.1) is 5.92 Å². The van der Waals surface area contributed by atoms with Crippen LogP contribution in [0.4, 0.5) is 10.5 Å². The molecule has 3 N–H and O–H groups in total. The van der Waals surface area contributed by atoms with Crippen LogP contribution >= 0.6 is 0 Å². The largest absolute Gasteiger partial charge is 0.488 e. The number of benzene rings is 2. The van der Waals surface area contributed by atoms with Crippen LogP contribution in [0.1, 0.15) is 55.0 Å². The van der Waals surface area contributed by atoms with Crippen LogP contribution in [-0.2, 0) is 24.2 Å². The minimum atomic E-state index is -0.322. The van der Waals surface area contributed by atoms with Gasteiger partial charge < -0.3 is 25.4 Å². The van der Waals surface area contributed by atoms with Crippen LogP contribution in [0.2, 0.25) is 0 Å². The minimum absolute atomic E-state index is 0.00532. The van der Waals surface area contributed by atoms with Gasteiger partial charge in [0, 0.05) is 49.2 Å². The molecule has 2 aromatic carbocycles. The number of aliphatic hydroxyl groups excluding tert-OH is 1. The second-order valence-corrected chi connectivity index (χ2v) is 12.0. The number of nitrogens with zero attached hydrogens (tertiary/aromatic N) is 3.